The van der Waals surface area contributed by atoms with E-state index in [1.165, 1.54) is 33.0 Å². The van der Waals surface area contributed by atoms with Gasteiger partial charge >= 0.3 is 0 Å². The number of aromatic nitrogens is 3. The average Bonchev–Trinajstić information content (AvgIpc) is 3.65. The third-order valence-corrected chi connectivity index (χ3v) is 9.43. The number of pyridine rings is 2. The first kappa shape index (κ1) is 27.6. The minimum Gasteiger partial charge on any atom is -0.475 e. The molecule has 0 bridgehead atoms. The second kappa shape index (κ2) is 10.0. The molecule has 0 aliphatic carbocycles. The van der Waals surface area contributed by atoms with E-state index < -0.39 is 0 Å². The summed E-state index contributed by atoms with van der Waals surface area (Å²) in [6, 6.07) is 25.5. The highest BCUT2D eigenvalue weighted by molar-refractivity contribution is 6.12. The Kier molecular flexibility index (Phi) is 6.14. The van der Waals surface area contributed by atoms with E-state index >= 15 is 0 Å². The molecule has 224 valence electrons. The van der Waals surface area contributed by atoms with Crippen LogP contribution >= 0.6 is 0 Å². The molecule has 8 rings (SSSR count). The monoisotopic (exact) mass is 592 g/mol. The summed E-state index contributed by atoms with van der Waals surface area (Å²) < 4.78 is 15.2. The summed E-state index contributed by atoms with van der Waals surface area (Å²) >= 11 is 0. The van der Waals surface area contributed by atoms with Gasteiger partial charge in [0.2, 0.25) is 5.90 Å². The normalized spacial score (nSPS) is 16.6. The first-order valence-electron chi connectivity index (χ1n) is 15.7. The summed E-state index contributed by atoms with van der Waals surface area (Å²) in [6.07, 6.45) is 3.70. The van der Waals surface area contributed by atoms with Gasteiger partial charge in [-0.25, -0.2) is 9.98 Å². The standard InChI is InChI=1S/C39H36N4O2/c1-22(2)33-21-44-38(42-33)26-17-25(32-11-7-8-12-40-32)18-27(19-26)45-35-20-34-28(16-24(35)4)29-14-23(3)15-31-36(29)43(34)37-30(39(31,5)6)10-9-13-41-37/h7-20,22,33H,21H2,1-6H3/t33-/m0/s1. The van der Waals surface area contributed by atoms with Gasteiger partial charge in [0.1, 0.15) is 23.9 Å². The van der Waals surface area contributed by atoms with E-state index in [2.05, 4.69) is 87.5 Å². The number of nitrogens with zero attached hydrogens (tertiary/aromatic N) is 4. The van der Waals surface area contributed by atoms with E-state index in [0.717, 1.165) is 39.5 Å². The van der Waals surface area contributed by atoms with Crippen LogP contribution in [0.5, 0.6) is 11.5 Å². The van der Waals surface area contributed by atoms with Crippen molar-refractivity contribution in [2.24, 2.45) is 10.9 Å². The number of fused-ring (bicyclic) bond motifs is 5. The molecule has 2 aliphatic heterocycles. The van der Waals surface area contributed by atoms with E-state index in [1.54, 1.807) is 0 Å². The van der Waals surface area contributed by atoms with Crippen LogP contribution in [0.2, 0.25) is 0 Å². The maximum atomic E-state index is 6.78. The Bertz CT molecular complexity index is 2180. The van der Waals surface area contributed by atoms with Crippen LogP contribution in [-0.4, -0.2) is 33.1 Å². The van der Waals surface area contributed by atoms with Crippen LogP contribution in [-0.2, 0) is 10.2 Å². The number of aryl methyl sites for hydroxylation is 2. The van der Waals surface area contributed by atoms with Gasteiger partial charge in [-0.05, 0) is 79.4 Å². The molecule has 3 aromatic carbocycles. The first-order chi connectivity index (χ1) is 21.7. The minimum atomic E-state index is -0.172. The van der Waals surface area contributed by atoms with Gasteiger partial charge in [-0.1, -0.05) is 51.5 Å². The van der Waals surface area contributed by atoms with Gasteiger partial charge in [0.05, 0.1) is 22.8 Å². The zero-order valence-electron chi connectivity index (χ0n) is 26.6. The number of benzene rings is 3. The molecule has 45 heavy (non-hydrogen) atoms. The molecular weight excluding hydrogens is 556 g/mol. The van der Waals surface area contributed by atoms with Crippen molar-refractivity contribution >= 4 is 27.7 Å². The lowest BCUT2D eigenvalue weighted by molar-refractivity contribution is 0.292. The Hall–Kier alpha value is -4.97. The summed E-state index contributed by atoms with van der Waals surface area (Å²) in [5.74, 6) is 3.53. The first-order valence-corrected chi connectivity index (χ1v) is 15.7. The molecule has 0 unspecified atom stereocenters. The van der Waals surface area contributed by atoms with Crippen LogP contribution < -0.4 is 4.74 Å². The Balaban J connectivity index is 1.31. The smallest absolute Gasteiger partial charge is 0.216 e. The molecule has 0 amide bonds. The lowest BCUT2D eigenvalue weighted by Gasteiger charge is -2.34. The lowest BCUT2D eigenvalue weighted by atomic mass is 9.75. The summed E-state index contributed by atoms with van der Waals surface area (Å²) in [5.41, 5.74) is 9.68. The molecule has 0 spiro atoms. The SMILES string of the molecule is Cc1cc2c3c(c1)c1cc(C)c(Oc4cc(C5=N[C@H](C(C)C)CO5)cc(-c5ccccn5)c4)cc1n3-c1ncccc1C2(C)C. The third-order valence-electron chi connectivity index (χ3n) is 9.43. The molecule has 5 heterocycles. The Morgan fingerprint density at radius 3 is 2.47 bits per heavy atom. The highest BCUT2D eigenvalue weighted by Gasteiger charge is 2.36. The summed E-state index contributed by atoms with van der Waals surface area (Å²) in [5, 5.41) is 2.44. The number of aliphatic imine (C=N–C) groups is 1. The fourth-order valence-electron chi connectivity index (χ4n) is 6.92. The maximum Gasteiger partial charge on any atom is 0.216 e. The van der Waals surface area contributed by atoms with Crippen LogP contribution in [0.25, 0.3) is 38.9 Å². The zero-order valence-corrected chi connectivity index (χ0v) is 26.6. The number of hydrogen-bond acceptors (Lipinski definition) is 5. The molecule has 0 saturated heterocycles. The van der Waals surface area contributed by atoms with E-state index in [1.807, 2.05) is 48.8 Å². The van der Waals surface area contributed by atoms with Gasteiger partial charge in [0.15, 0.2) is 0 Å². The molecule has 6 aromatic rings. The van der Waals surface area contributed by atoms with Crippen LogP contribution in [0.15, 0.2) is 90.2 Å². The van der Waals surface area contributed by atoms with Crippen molar-refractivity contribution in [3.05, 3.63) is 113 Å². The molecule has 0 fully saturated rings. The minimum absolute atomic E-state index is 0.142. The van der Waals surface area contributed by atoms with Crippen molar-refractivity contribution in [3.63, 3.8) is 0 Å². The molecule has 6 nitrogen and oxygen atoms in total. The van der Waals surface area contributed by atoms with Crippen molar-refractivity contribution in [1.82, 2.24) is 14.5 Å². The average molecular weight is 593 g/mol. The number of hydrogen-bond donors (Lipinski definition) is 0. The fraction of sp³-hybridized carbons (Fsp3) is 0.256. The van der Waals surface area contributed by atoms with Gasteiger partial charge in [-0.3, -0.25) is 9.55 Å². The molecule has 6 heteroatoms. The van der Waals surface area contributed by atoms with Crippen molar-refractivity contribution < 1.29 is 9.47 Å². The highest BCUT2D eigenvalue weighted by atomic mass is 16.5. The molecule has 3 aromatic heterocycles. The van der Waals surface area contributed by atoms with Crippen molar-refractivity contribution in [1.29, 1.82) is 0 Å². The van der Waals surface area contributed by atoms with Gasteiger partial charge in [-0.2, -0.15) is 0 Å². The number of ether oxygens (including phenoxy) is 2. The summed E-state index contributed by atoms with van der Waals surface area (Å²) in [4.78, 5) is 14.5. The number of rotatable bonds is 5. The highest BCUT2D eigenvalue weighted by Crippen LogP contribution is 2.48. The fourth-order valence-corrected chi connectivity index (χ4v) is 6.92. The molecule has 2 aliphatic rings. The second-order valence-corrected chi connectivity index (χ2v) is 13.3. The second-order valence-electron chi connectivity index (χ2n) is 13.3. The molecule has 1 atom stereocenters. The predicted molar refractivity (Wildman–Crippen MR) is 181 cm³/mol. The van der Waals surface area contributed by atoms with E-state index in [4.69, 9.17) is 19.5 Å². The van der Waals surface area contributed by atoms with Crippen LogP contribution in [0.1, 0.15) is 55.5 Å². The predicted octanol–water partition coefficient (Wildman–Crippen LogP) is 9.09. The summed E-state index contributed by atoms with van der Waals surface area (Å²) in [6.45, 7) is 13.8. The van der Waals surface area contributed by atoms with E-state index in [9.17, 15) is 0 Å². The maximum absolute atomic E-state index is 6.78. The molecule has 0 radical (unpaired) electrons. The largest absolute Gasteiger partial charge is 0.475 e. The van der Waals surface area contributed by atoms with Gasteiger partial charge < -0.3 is 9.47 Å². The topological polar surface area (TPSA) is 61.5 Å². The van der Waals surface area contributed by atoms with Gasteiger partial charge in [0, 0.05) is 51.3 Å². The Morgan fingerprint density at radius 1 is 0.867 bits per heavy atom. The summed E-state index contributed by atoms with van der Waals surface area (Å²) in [7, 11) is 0. The van der Waals surface area contributed by atoms with Crippen LogP contribution in [0.4, 0.5) is 0 Å². The van der Waals surface area contributed by atoms with E-state index in [0.29, 0.717) is 24.2 Å². The lowest BCUT2D eigenvalue weighted by Crippen LogP contribution is -2.27. The van der Waals surface area contributed by atoms with E-state index in [-0.39, 0.29) is 11.5 Å². The van der Waals surface area contributed by atoms with Crippen LogP contribution in [0.3, 0.4) is 0 Å². The third kappa shape index (κ3) is 4.34. The van der Waals surface area contributed by atoms with Crippen LogP contribution in [0, 0.1) is 19.8 Å². The Morgan fingerprint density at radius 2 is 1.69 bits per heavy atom. The van der Waals surface area contributed by atoms with Gasteiger partial charge in [-0.15, -0.1) is 0 Å². The molecule has 0 N–H and O–H groups in total. The van der Waals surface area contributed by atoms with Crippen molar-refractivity contribution in [2.45, 2.75) is 53.0 Å². The molecule has 0 saturated carbocycles. The zero-order chi connectivity index (χ0) is 31.0. The quantitative estimate of drug-likeness (QED) is 0.200. The van der Waals surface area contributed by atoms with Gasteiger partial charge in [0.25, 0.3) is 0 Å². The van der Waals surface area contributed by atoms with Crippen molar-refractivity contribution in [2.75, 3.05) is 6.61 Å². The Labute approximate surface area is 263 Å². The van der Waals surface area contributed by atoms with Crippen molar-refractivity contribution in [3.8, 4) is 28.6 Å². The molecular formula is C39H36N4O2.